The third-order valence-corrected chi connectivity index (χ3v) is 4.23. The number of hydrogen-bond donors (Lipinski definition) is 1. The number of hydrogen-bond acceptors (Lipinski definition) is 2. The monoisotopic (exact) mass is 281 g/mol. The average Bonchev–Trinajstić information content (AvgIpc) is 2.80. The molecule has 2 nitrogen and oxygen atoms in total. The van der Waals surface area contributed by atoms with E-state index in [0.29, 0.717) is 18.3 Å². The Kier molecular flexibility index (Phi) is 7.14. The lowest BCUT2D eigenvalue weighted by Gasteiger charge is -2.20. The van der Waals surface area contributed by atoms with Crippen LogP contribution in [0.4, 0.5) is 0 Å². The van der Waals surface area contributed by atoms with E-state index in [9.17, 15) is 4.79 Å². The van der Waals surface area contributed by atoms with Gasteiger partial charge in [-0.25, -0.2) is 0 Å². The number of amides is 1. The van der Waals surface area contributed by atoms with Crippen molar-refractivity contribution in [1.82, 2.24) is 5.32 Å². The van der Waals surface area contributed by atoms with Crippen LogP contribution in [0.3, 0.4) is 0 Å². The van der Waals surface area contributed by atoms with Crippen LogP contribution < -0.4 is 5.32 Å². The maximum absolute atomic E-state index is 12.1. The highest BCUT2D eigenvalue weighted by Crippen LogP contribution is 2.25. The molecule has 1 amide bonds. The van der Waals surface area contributed by atoms with Crippen molar-refractivity contribution >= 4 is 17.2 Å². The first kappa shape index (κ1) is 16.2. The van der Waals surface area contributed by atoms with E-state index < -0.39 is 0 Å². The quantitative estimate of drug-likeness (QED) is 0.730. The summed E-state index contributed by atoms with van der Waals surface area (Å²) in [6.07, 6.45) is 3.93. The van der Waals surface area contributed by atoms with Gasteiger partial charge in [0.1, 0.15) is 0 Å². The predicted molar refractivity (Wildman–Crippen MR) is 83.3 cm³/mol. The molecule has 19 heavy (non-hydrogen) atoms. The molecule has 0 aliphatic rings. The van der Waals surface area contributed by atoms with E-state index in [2.05, 4.69) is 50.5 Å². The van der Waals surface area contributed by atoms with E-state index in [1.54, 1.807) is 11.3 Å². The number of rotatable bonds is 8. The van der Waals surface area contributed by atoms with Crippen molar-refractivity contribution in [3.8, 4) is 0 Å². The highest BCUT2D eigenvalue weighted by Gasteiger charge is 2.18. The van der Waals surface area contributed by atoms with Crippen molar-refractivity contribution in [2.24, 2.45) is 11.8 Å². The fraction of sp³-hybridized carbons (Fsp3) is 0.688. The summed E-state index contributed by atoms with van der Waals surface area (Å²) in [4.78, 5) is 13.4. The number of carbonyl (C=O) groups excluding carboxylic acids is 1. The van der Waals surface area contributed by atoms with Crippen LogP contribution in [-0.2, 0) is 4.79 Å². The van der Waals surface area contributed by atoms with Crippen LogP contribution in [0, 0.1) is 11.8 Å². The third kappa shape index (κ3) is 6.24. The van der Waals surface area contributed by atoms with Crippen LogP contribution >= 0.6 is 11.3 Å². The molecule has 1 rings (SSSR count). The van der Waals surface area contributed by atoms with E-state index in [4.69, 9.17) is 0 Å². The molecule has 0 fully saturated rings. The lowest BCUT2D eigenvalue weighted by Crippen LogP contribution is -2.30. The molecule has 0 aliphatic heterocycles. The second-order valence-electron chi connectivity index (χ2n) is 5.86. The first-order valence-corrected chi connectivity index (χ1v) is 8.23. The molecule has 0 bridgehead atoms. The Morgan fingerprint density at radius 1 is 1.37 bits per heavy atom. The Morgan fingerprint density at radius 2 is 2.11 bits per heavy atom. The Hall–Kier alpha value is -0.830. The van der Waals surface area contributed by atoms with Gasteiger partial charge in [0.25, 0.3) is 0 Å². The highest BCUT2D eigenvalue weighted by atomic mass is 32.1. The van der Waals surface area contributed by atoms with Gasteiger partial charge < -0.3 is 5.32 Å². The molecule has 0 saturated carbocycles. The normalized spacial score (nSPS) is 14.4. The first-order chi connectivity index (χ1) is 9.02. The van der Waals surface area contributed by atoms with E-state index in [0.717, 1.165) is 19.3 Å². The van der Waals surface area contributed by atoms with Crippen LogP contribution in [0.15, 0.2) is 17.5 Å². The van der Waals surface area contributed by atoms with Gasteiger partial charge in [0, 0.05) is 11.3 Å². The molecule has 0 aliphatic carbocycles. The molecule has 0 aromatic carbocycles. The van der Waals surface area contributed by atoms with Crippen molar-refractivity contribution in [1.29, 1.82) is 0 Å². The Morgan fingerprint density at radius 3 is 2.63 bits per heavy atom. The Balaban J connectivity index is 2.55. The van der Waals surface area contributed by atoms with E-state index in [1.807, 2.05) is 0 Å². The van der Waals surface area contributed by atoms with Gasteiger partial charge in [-0.05, 0) is 29.7 Å². The molecule has 108 valence electrons. The molecule has 0 spiro atoms. The topological polar surface area (TPSA) is 29.1 Å². The molecule has 1 aromatic heterocycles. The second kappa shape index (κ2) is 8.36. The predicted octanol–water partition coefficient (Wildman–Crippen LogP) is 4.78. The lowest BCUT2D eigenvalue weighted by molar-refractivity contribution is -0.122. The van der Waals surface area contributed by atoms with Crippen LogP contribution in [-0.4, -0.2) is 5.91 Å². The maximum Gasteiger partial charge on any atom is 0.220 e. The first-order valence-electron chi connectivity index (χ1n) is 7.35. The summed E-state index contributed by atoms with van der Waals surface area (Å²) in [5, 5.41) is 5.29. The SMILES string of the molecule is CCCC(C)CC(=O)NC(CC(C)C)c1cccs1. The second-order valence-corrected chi connectivity index (χ2v) is 6.84. The largest absolute Gasteiger partial charge is 0.348 e. The molecule has 1 aromatic rings. The Labute approximate surface area is 121 Å². The zero-order chi connectivity index (χ0) is 14.3. The summed E-state index contributed by atoms with van der Waals surface area (Å²) < 4.78 is 0. The lowest BCUT2D eigenvalue weighted by atomic mass is 9.99. The van der Waals surface area contributed by atoms with Gasteiger partial charge in [-0.3, -0.25) is 4.79 Å². The minimum Gasteiger partial charge on any atom is -0.348 e. The summed E-state index contributed by atoms with van der Waals surface area (Å²) in [6, 6.07) is 4.36. The smallest absolute Gasteiger partial charge is 0.220 e. The molecule has 2 unspecified atom stereocenters. The van der Waals surface area contributed by atoms with Crippen LogP contribution in [0.2, 0.25) is 0 Å². The van der Waals surface area contributed by atoms with Gasteiger partial charge in [0.05, 0.1) is 6.04 Å². The van der Waals surface area contributed by atoms with Crippen molar-refractivity contribution in [3.63, 3.8) is 0 Å². The van der Waals surface area contributed by atoms with Crippen LogP contribution in [0.1, 0.15) is 64.3 Å². The molecule has 3 heteroatoms. The van der Waals surface area contributed by atoms with Crippen molar-refractivity contribution < 1.29 is 4.79 Å². The van der Waals surface area contributed by atoms with E-state index in [-0.39, 0.29) is 11.9 Å². The Bertz CT molecular complexity index is 359. The summed E-state index contributed by atoms with van der Waals surface area (Å²) in [5.74, 6) is 1.26. The molecule has 0 saturated heterocycles. The van der Waals surface area contributed by atoms with Crippen molar-refractivity contribution in [2.75, 3.05) is 0 Å². The van der Waals surface area contributed by atoms with Crippen molar-refractivity contribution in [3.05, 3.63) is 22.4 Å². The van der Waals surface area contributed by atoms with Gasteiger partial charge in [0.15, 0.2) is 0 Å². The van der Waals surface area contributed by atoms with Gasteiger partial charge >= 0.3 is 0 Å². The fourth-order valence-electron chi connectivity index (χ4n) is 2.37. The van der Waals surface area contributed by atoms with Crippen LogP contribution in [0.5, 0.6) is 0 Å². The molecular formula is C16H27NOS. The minimum atomic E-state index is 0.182. The standard InChI is InChI=1S/C16H27NOS/c1-5-7-13(4)11-16(18)17-14(10-12(2)3)15-8-6-9-19-15/h6,8-9,12-14H,5,7,10-11H2,1-4H3,(H,17,18). The molecule has 1 heterocycles. The summed E-state index contributed by atoms with van der Waals surface area (Å²) in [5.41, 5.74) is 0. The highest BCUT2D eigenvalue weighted by molar-refractivity contribution is 7.10. The van der Waals surface area contributed by atoms with Gasteiger partial charge in [0.2, 0.25) is 5.91 Å². The summed E-state index contributed by atoms with van der Waals surface area (Å²) in [6.45, 7) is 8.73. The number of thiophene rings is 1. The third-order valence-electron chi connectivity index (χ3n) is 3.24. The number of carbonyl (C=O) groups is 1. The zero-order valence-electron chi connectivity index (χ0n) is 12.6. The summed E-state index contributed by atoms with van der Waals surface area (Å²) in [7, 11) is 0. The van der Waals surface area contributed by atoms with Gasteiger partial charge in [-0.2, -0.15) is 0 Å². The van der Waals surface area contributed by atoms with Gasteiger partial charge in [-0.15, -0.1) is 11.3 Å². The number of nitrogens with one attached hydrogen (secondary N) is 1. The zero-order valence-corrected chi connectivity index (χ0v) is 13.4. The molecule has 2 atom stereocenters. The summed E-state index contributed by atoms with van der Waals surface area (Å²) >= 11 is 1.73. The fourth-order valence-corrected chi connectivity index (χ4v) is 3.16. The minimum absolute atomic E-state index is 0.182. The average molecular weight is 281 g/mol. The maximum atomic E-state index is 12.1. The molecular weight excluding hydrogens is 254 g/mol. The molecule has 0 radical (unpaired) electrons. The van der Waals surface area contributed by atoms with Crippen LogP contribution in [0.25, 0.3) is 0 Å². The van der Waals surface area contributed by atoms with E-state index in [1.165, 1.54) is 4.88 Å². The van der Waals surface area contributed by atoms with Crippen molar-refractivity contribution in [2.45, 2.75) is 59.4 Å². The molecule has 1 N–H and O–H groups in total. The van der Waals surface area contributed by atoms with Gasteiger partial charge in [-0.1, -0.05) is 46.6 Å². The van der Waals surface area contributed by atoms with E-state index >= 15 is 0 Å².